The molecule has 0 bridgehead atoms. The maximum atomic E-state index is 12.3. The van der Waals surface area contributed by atoms with Crippen molar-refractivity contribution < 1.29 is 23.8 Å². The summed E-state index contributed by atoms with van der Waals surface area (Å²) >= 11 is 0. The number of esters is 1. The second kappa shape index (κ2) is 6.45. The first-order chi connectivity index (χ1) is 9.24. The van der Waals surface area contributed by atoms with Crippen molar-refractivity contribution in [3.8, 4) is 0 Å². The van der Waals surface area contributed by atoms with Crippen molar-refractivity contribution >= 4 is 11.9 Å². The number of ether oxygens (including phenoxy) is 3. The number of piperidine rings is 1. The summed E-state index contributed by atoms with van der Waals surface area (Å²) in [6.07, 6.45) is 3.76. The Morgan fingerprint density at radius 3 is 2.95 bits per heavy atom. The minimum Gasteiger partial charge on any atom is -0.494 e. The average Bonchev–Trinajstić information content (AvgIpc) is 2.47. The number of hydrogen-bond acceptors (Lipinski definition) is 5. The molecule has 106 valence electrons. The molecule has 0 N–H and O–H groups in total. The summed E-state index contributed by atoms with van der Waals surface area (Å²) in [5.41, 5.74) is 0. The minimum absolute atomic E-state index is 0.169. The number of carbonyl (C=O) groups is 2. The van der Waals surface area contributed by atoms with E-state index in [0.29, 0.717) is 32.8 Å². The third-order valence-electron chi connectivity index (χ3n) is 3.18. The largest absolute Gasteiger partial charge is 0.494 e. The molecular weight excluding hydrogens is 250 g/mol. The summed E-state index contributed by atoms with van der Waals surface area (Å²) in [5.74, 6) is -0.465. The smallest absolute Gasteiger partial charge is 0.328 e. The van der Waals surface area contributed by atoms with Crippen molar-refractivity contribution in [2.24, 2.45) is 0 Å². The molecule has 0 spiro atoms. The van der Waals surface area contributed by atoms with E-state index in [-0.39, 0.29) is 17.6 Å². The van der Waals surface area contributed by atoms with Crippen LogP contribution in [0.5, 0.6) is 0 Å². The van der Waals surface area contributed by atoms with Gasteiger partial charge >= 0.3 is 5.97 Å². The first-order valence-corrected chi connectivity index (χ1v) is 6.66. The van der Waals surface area contributed by atoms with Gasteiger partial charge < -0.3 is 19.1 Å². The van der Waals surface area contributed by atoms with Crippen LogP contribution < -0.4 is 0 Å². The van der Waals surface area contributed by atoms with E-state index in [4.69, 9.17) is 14.2 Å². The van der Waals surface area contributed by atoms with Crippen LogP contribution in [-0.4, -0.2) is 49.2 Å². The van der Waals surface area contributed by atoms with E-state index in [1.807, 2.05) is 0 Å². The van der Waals surface area contributed by atoms with Crippen LogP contribution in [0.3, 0.4) is 0 Å². The van der Waals surface area contributed by atoms with Gasteiger partial charge in [0.25, 0.3) is 5.91 Å². The third-order valence-corrected chi connectivity index (χ3v) is 3.18. The fourth-order valence-corrected chi connectivity index (χ4v) is 2.28. The van der Waals surface area contributed by atoms with Gasteiger partial charge in [-0.15, -0.1) is 0 Å². The van der Waals surface area contributed by atoms with Crippen LogP contribution in [-0.2, 0) is 23.8 Å². The quantitative estimate of drug-likeness (QED) is 0.710. The standard InChI is InChI=1S/C13H19NO5/c1-2-18-13(16)10-5-3-4-6-14(10)12(15)11-9-17-7-8-19-11/h9-10H,2-8H2,1H3. The average molecular weight is 269 g/mol. The summed E-state index contributed by atoms with van der Waals surface area (Å²) in [6, 6.07) is -0.507. The van der Waals surface area contributed by atoms with Crippen molar-refractivity contribution in [1.29, 1.82) is 0 Å². The van der Waals surface area contributed by atoms with Gasteiger partial charge in [0.1, 0.15) is 25.5 Å². The summed E-state index contributed by atoms with van der Waals surface area (Å²) in [7, 11) is 0. The Morgan fingerprint density at radius 2 is 2.26 bits per heavy atom. The summed E-state index contributed by atoms with van der Waals surface area (Å²) < 4.78 is 15.4. The lowest BCUT2D eigenvalue weighted by Gasteiger charge is -2.34. The number of likely N-dealkylation sites (tertiary alicyclic amines) is 1. The lowest BCUT2D eigenvalue weighted by molar-refractivity contribution is -0.156. The maximum Gasteiger partial charge on any atom is 0.328 e. The summed E-state index contributed by atoms with van der Waals surface area (Å²) in [4.78, 5) is 25.7. The van der Waals surface area contributed by atoms with Crippen molar-refractivity contribution in [3.05, 3.63) is 12.0 Å². The van der Waals surface area contributed by atoms with Gasteiger partial charge in [-0.25, -0.2) is 4.79 Å². The molecule has 0 aromatic carbocycles. The Morgan fingerprint density at radius 1 is 1.42 bits per heavy atom. The van der Waals surface area contributed by atoms with Gasteiger partial charge in [-0.05, 0) is 26.2 Å². The van der Waals surface area contributed by atoms with Crippen molar-refractivity contribution in [2.45, 2.75) is 32.2 Å². The number of hydrogen-bond donors (Lipinski definition) is 0. The van der Waals surface area contributed by atoms with E-state index in [0.717, 1.165) is 12.8 Å². The molecule has 1 fully saturated rings. The fourth-order valence-electron chi connectivity index (χ4n) is 2.28. The molecule has 19 heavy (non-hydrogen) atoms. The summed E-state index contributed by atoms with van der Waals surface area (Å²) in [5, 5.41) is 0. The molecule has 6 nitrogen and oxygen atoms in total. The second-order valence-corrected chi connectivity index (χ2v) is 4.46. The second-order valence-electron chi connectivity index (χ2n) is 4.46. The fraction of sp³-hybridized carbons (Fsp3) is 0.692. The van der Waals surface area contributed by atoms with E-state index in [9.17, 15) is 9.59 Å². The van der Waals surface area contributed by atoms with E-state index < -0.39 is 6.04 Å². The van der Waals surface area contributed by atoms with Crippen LogP contribution in [0.1, 0.15) is 26.2 Å². The SMILES string of the molecule is CCOC(=O)C1CCCCN1C(=O)C1=COCCO1. The van der Waals surface area contributed by atoms with E-state index in [1.165, 1.54) is 11.2 Å². The highest BCUT2D eigenvalue weighted by Gasteiger charge is 2.35. The molecule has 0 aliphatic carbocycles. The number of amides is 1. The number of rotatable bonds is 3. The lowest BCUT2D eigenvalue weighted by atomic mass is 10.0. The maximum absolute atomic E-state index is 12.3. The van der Waals surface area contributed by atoms with E-state index >= 15 is 0 Å². The van der Waals surface area contributed by atoms with E-state index in [2.05, 4.69) is 0 Å². The van der Waals surface area contributed by atoms with Crippen LogP contribution >= 0.6 is 0 Å². The number of nitrogens with zero attached hydrogens (tertiary/aromatic N) is 1. The van der Waals surface area contributed by atoms with Crippen molar-refractivity contribution in [2.75, 3.05) is 26.4 Å². The molecule has 1 amide bonds. The highest BCUT2D eigenvalue weighted by Crippen LogP contribution is 2.21. The summed E-state index contributed by atoms with van der Waals surface area (Å²) in [6.45, 7) is 3.42. The van der Waals surface area contributed by atoms with Gasteiger partial charge in [0.15, 0.2) is 0 Å². The first kappa shape index (κ1) is 13.7. The van der Waals surface area contributed by atoms with Crippen LogP contribution in [0.2, 0.25) is 0 Å². The highest BCUT2D eigenvalue weighted by molar-refractivity contribution is 5.94. The predicted octanol–water partition coefficient (Wildman–Crippen LogP) is 0.819. The Balaban J connectivity index is 2.08. The molecule has 6 heteroatoms. The third kappa shape index (κ3) is 3.19. The Hall–Kier alpha value is -1.72. The van der Waals surface area contributed by atoms with Gasteiger partial charge in [-0.3, -0.25) is 4.79 Å². The molecular formula is C13H19NO5. The van der Waals surface area contributed by atoms with E-state index in [1.54, 1.807) is 6.92 Å². The van der Waals surface area contributed by atoms with Crippen molar-refractivity contribution in [3.63, 3.8) is 0 Å². The Labute approximate surface area is 112 Å². The highest BCUT2D eigenvalue weighted by atomic mass is 16.6. The molecule has 0 saturated carbocycles. The van der Waals surface area contributed by atoms with Crippen LogP contribution in [0.4, 0.5) is 0 Å². The zero-order valence-electron chi connectivity index (χ0n) is 11.1. The Kier molecular flexibility index (Phi) is 4.65. The topological polar surface area (TPSA) is 65.1 Å². The van der Waals surface area contributed by atoms with Gasteiger partial charge in [0.2, 0.25) is 5.76 Å². The van der Waals surface area contributed by atoms with Crippen molar-refractivity contribution in [1.82, 2.24) is 4.90 Å². The molecule has 1 saturated heterocycles. The predicted molar refractivity (Wildman–Crippen MR) is 66.0 cm³/mol. The van der Waals surface area contributed by atoms with Gasteiger partial charge in [-0.1, -0.05) is 0 Å². The molecule has 2 aliphatic heterocycles. The minimum atomic E-state index is -0.507. The molecule has 1 atom stereocenters. The Bertz CT molecular complexity index is 379. The van der Waals surface area contributed by atoms with Crippen LogP contribution in [0.15, 0.2) is 12.0 Å². The van der Waals surface area contributed by atoms with Crippen LogP contribution in [0, 0.1) is 0 Å². The normalized spacial score (nSPS) is 22.9. The molecule has 2 heterocycles. The van der Waals surface area contributed by atoms with Gasteiger partial charge in [-0.2, -0.15) is 0 Å². The first-order valence-electron chi connectivity index (χ1n) is 6.66. The number of carbonyl (C=O) groups excluding carboxylic acids is 2. The zero-order chi connectivity index (χ0) is 13.7. The monoisotopic (exact) mass is 269 g/mol. The molecule has 0 aromatic heterocycles. The zero-order valence-corrected chi connectivity index (χ0v) is 11.1. The van der Waals surface area contributed by atoms with Gasteiger partial charge in [0.05, 0.1) is 6.61 Å². The van der Waals surface area contributed by atoms with Gasteiger partial charge in [0, 0.05) is 6.54 Å². The molecule has 1 unspecified atom stereocenters. The van der Waals surface area contributed by atoms with Crippen LogP contribution in [0.25, 0.3) is 0 Å². The molecule has 2 rings (SSSR count). The lowest BCUT2D eigenvalue weighted by Crippen LogP contribution is -2.49. The molecule has 0 aromatic rings. The molecule has 0 radical (unpaired) electrons. The molecule has 2 aliphatic rings.